The Labute approximate surface area is 628 Å². The van der Waals surface area contributed by atoms with Gasteiger partial charge in [0.05, 0.1) is 26.4 Å². The summed E-state index contributed by atoms with van der Waals surface area (Å²) in [4.78, 5) is 72.9. The summed E-state index contributed by atoms with van der Waals surface area (Å²) in [5.41, 5.74) is 0. The van der Waals surface area contributed by atoms with Crippen molar-refractivity contribution in [3.8, 4) is 0 Å². The highest BCUT2D eigenvalue weighted by Gasteiger charge is 2.30. The Morgan fingerprint density at radius 2 is 0.529 bits per heavy atom. The van der Waals surface area contributed by atoms with Crippen LogP contribution < -0.4 is 0 Å². The molecule has 0 aliphatic heterocycles. The summed E-state index contributed by atoms with van der Waals surface area (Å²) < 4.78 is 68.4. The van der Waals surface area contributed by atoms with Crippen LogP contribution in [0.2, 0.25) is 0 Å². The average Bonchev–Trinajstić information content (AvgIpc) is 0.931. The topological polar surface area (TPSA) is 237 Å². The number of aliphatic hydroxyl groups is 1. The first-order chi connectivity index (χ1) is 50.7. The molecule has 0 saturated heterocycles. The molecule has 0 rings (SSSR count). The number of esters is 4. The number of phosphoric ester groups is 2. The fraction of sp³-hybridized carbons (Fsp3) is 0.600. The van der Waals surface area contributed by atoms with E-state index in [4.69, 9.17) is 37.0 Å². The minimum atomic E-state index is -5.01. The van der Waals surface area contributed by atoms with E-state index in [1.165, 1.54) is 6.42 Å². The summed E-state index contributed by atoms with van der Waals surface area (Å²) in [6.07, 6.45) is 90.5. The van der Waals surface area contributed by atoms with E-state index in [1.807, 2.05) is 30.4 Å². The second-order valence-electron chi connectivity index (χ2n) is 25.1. The van der Waals surface area contributed by atoms with Crippen LogP contribution in [-0.2, 0) is 65.4 Å². The second kappa shape index (κ2) is 75.4. The van der Waals surface area contributed by atoms with Gasteiger partial charge in [0.25, 0.3) is 0 Å². The van der Waals surface area contributed by atoms with Gasteiger partial charge in [-0.1, -0.05) is 274 Å². The van der Waals surface area contributed by atoms with Crippen LogP contribution in [0.25, 0.3) is 0 Å². The minimum Gasteiger partial charge on any atom is -0.462 e. The minimum absolute atomic E-state index is 0.0261. The molecule has 0 amide bonds. The molecule has 0 radical (unpaired) electrons. The third-order valence-electron chi connectivity index (χ3n) is 15.4. The third-order valence-corrected chi connectivity index (χ3v) is 17.3. The van der Waals surface area contributed by atoms with Crippen molar-refractivity contribution in [2.45, 2.75) is 290 Å². The number of ether oxygens (including phenoxy) is 4. The Hall–Kier alpha value is -5.84. The number of carbonyl (C=O) groups excluding carboxylic acids is 4. The van der Waals surface area contributed by atoms with Crippen molar-refractivity contribution in [2.75, 3.05) is 39.6 Å². The zero-order valence-corrected chi connectivity index (χ0v) is 65.9. The van der Waals surface area contributed by atoms with Crippen LogP contribution in [0.1, 0.15) is 272 Å². The van der Waals surface area contributed by atoms with E-state index >= 15 is 0 Å². The second-order valence-corrected chi connectivity index (χ2v) is 28.1. The van der Waals surface area contributed by atoms with Crippen molar-refractivity contribution in [1.82, 2.24) is 0 Å². The summed E-state index contributed by atoms with van der Waals surface area (Å²) in [7, 11) is -10.0. The predicted molar refractivity (Wildman–Crippen MR) is 426 cm³/mol. The number of rotatable bonds is 71. The van der Waals surface area contributed by atoms with Gasteiger partial charge in [0, 0.05) is 25.7 Å². The van der Waals surface area contributed by atoms with Gasteiger partial charge in [0.2, 0.25) is 0 Å². The molecule has 0 fully saturated rings. The lowest BCUT2D eigenvalue weighted by Gasteiger charge is -2.21. The van der Waals surface area contributed by atoms with Gasteiger partial charge in [0.15, 0.2) is 12.2 Å². The van der Waals surface area contributed by atoms with E-state index in [2.05, 4.69) is 180 Å². The molecule has 3 N–H and O–H groups in total. The smallest absolute Gasteiger partial charge is 0.462 e. The summed E-state index contributed by atoms with van der Waals surface area (Å²) >= 11 is 0. The Morgan fingerprint density at radius 1 is 0.279 bits per heavy atom. The number of unbranched alkanes of at least 4 members (excludes halogenated alkanes) is 15. The lowest BCUT2D eigenvalue weighted by molar-refractivity contribution is -0.161. The molecule has 104 heavy (non-hydrogen) atoms. The Balaban J connectivity index is 5.48. The van der Waals surface area contributed by atoms with Gasteiger partial charge in [-0.05, 0) is 154 Å². The maximum atomic E-state index is 13.1. The fourth-order valence-electron chi connectivity index (χ4n) is 9.51. The van der Waals surface area contributed by atoms with Crippen LogP contribution >= 0.6 is 15.6 Å². The van der Waals surface area contributed by atoms with Gasteiger partial charge in [-0.25, -0.2) is 9.13 Å². The fourth-order valence-corrected chi connectivity index (χ4v) is 11.1. The lowest BCUT2D eigenvalue weighted by atomic mass is 10.1. The largest absolute Gasteiger partial charge is 0.472 e. The maximum Gasteiger partial charge on any atom is 0.472 e. The van der Waals surface area contributed by atoms with Crippen molar-refractivity contribution < 1.29 is 80.2 Å². The molecule has 0 heterocycles. The van der Waals surface area contributed by atoms with Gasteiger partial charge in [0.1, 0.15) is 19.3 Å². The zero-order chi connectivity index (χ0) is 76.0. The SMILES string of the molecule is CC/C=C\C/C=C\C/C=C\C/C=C\C/C=C\C/C=C\CCC(=O)OCC(COP(=O)(O)OCC(O)COP(=O)(O)OCC(COC(=O)CCC/C=C\C/C=C\C/C=C\C/C=C\C/C=C\CC)OC(=O)CCCCCCC/C=C\CCCC)OC(=O)CCCCCCCCC/C=C\C/C=C\C/C=C\CC. The molecule has 0 aromatic rings. The molecule has 0 saturated carbocycles. The van der Waals surface area contributed by atoms with Gasteiger partial charge in [-0.3, -0.25) is 37.3 Å². The Kier molecular flexibility index (Phi) is 71.2. The van der Waals surface area contributed by atoms with Crippen molar-refractivity contribution in [1.29, 1.82) is 0 Å². The van der Waals surface area contributed by atoms with Gasteiger partial charge in [-0.15, -0.1) is 0 Å². The number of phosphoric acid groups is 2. The molecule has 0 aromatic heterocycles. The molecule has 0 aromatic carbocycles. The summed E-state index contributed by atoms with van der Waals surface area (Å²) in [5.74, 6) is -2.38. The summed E-state index contributed by atoms with van der Waals surface area (Å²) in [6, 6.07) is 0. The van der Waals surface area contributed by atoms with Gasteiger partial charge in [-0.2, -0.15) is 0 Å². The first kappa shape index (κ1) is 98.2. The zero-order valence-electron chi connectivity index (χ0n) is 64.1. The summed E-state index contributed by atoms with van der Waals surface area (Å²) in [5, 5.41) is 10.6. The van der Waals surface area contributed by atoms with Gasteiger partial charge >= 0.3 is 39.5 Å². The quantitative estimate of drug-likeness (QED) is 0.0169. The van der Waals surface area contributed by atoms with E-state index in [-0.39, 0.29) is 25.7 Å². The third kappa shape index (κ3) is 74.4. The van der Waals surface area contributed by atoms with Crippen molar-refractivity contribution in [2.24, 2.45) is 0 Å². The lowest BCUT2D eigenvalue weighted by Crippen LogP contribution is -2.30. The normalized spacial score (nSPS) is 14.9. The Bertz CT molecular complexity index is 2690. The Morgan fingerprint density at radius 3 is 0.865 bits per heavy atom. The number of allylic oxidation sites excluding steroid dienone is 30. The van der Waals surface area contributed by atoms with E-state index in [1.54, 1.807) is 0 Å². The number of hydrogen-bond acceptors (Lipinski definition) is 15. The molecular weight excluding hydrogens is 1350 g/mol. The van der Waals surface area contributed by atoms with Gasteiger partial charge < -0.3 is 33.8 Å². The first-order valence-corrected chi connectivity index (χ1v) is 42.0. The maximum absolute atomic E-state index is 13.1. The number of carbonyl (C=O) groups is 4. The van der Waals surface area contributed by atoms with Crippen LogP contribution in [0, 0.1) is 0 Å². The van der Waals surface area contributed by atoms with Crippen LogP contribution in [0.3, 0.4) is 0 Å². The standard InChI is InChI=1S/C85H136O17P2/c1-5-9-13-17-21-25-29-32-35-38-39-42-44-47-51-54-58-62-66-70-83(88)96-76-81(102-85(90)72-68-64-60-56-52-48-45-41-37-34-31-27-23-19-15-11-7-3)78-100-104(93,94)98-74-79(86)73-97-103(91,92)99-77-80(101-84(89)71-67-63-59-55-49-28-24-20-16-12-8-4)75-95-82(87)69-65-61-57-53-50-46-43-40-36-33-30-26-22-18-14-10-6-2/h9-11,13-15,20-27,32-37,39,42-43,46-47,51,53,57-58,62,79-81,86H,5-8,12,16-19,28-31,38,40-41,44-45,48-50,52,54-56,59-61,63-78H2,1-4H3,(H,91,92)(H,93,94)/b13-9-,14-10-,15-11-,24-20-,25-21-,26-22-,27-23-,35-32-,36-33-,37-34-,42-39-,46-43-,51-47-,57-53-,62-58-. The van der Waals surface area contributed by atoms with E-state index in [9.17, 15) is 43.2 Å². The molecule has 5 unspecified atom stereocenters. The number of hydrogen-bond donors (Lipinski definition) is 3. The molecule has 588 valence electrons. The van der Waals surface area contributed by atoms with Crippen molar-refractivity contribution in [3.05, 3.63) is 182 Å². The molecule has 5 atom stereocenters. The van der Waals surface area contributed by atoms with Crippen LogP contribution in [0.4, 0.5) is 0 Å². The molecular formula is C85H136O17P2. The summed E-state index contributed by atoms with van der Waals surface area (Å²) in [6.45, 7) is 4.29. The van der Waals surface area contributed by atoms with E-state index in [0.29, 0.717) is 38.5 Å². The molecule has 0 aliphatic carbocycles. The molecule has 0 aliphatic rings. The van der Waals surface area contributed by atoms with Crippen LogP contribution in [0.5, 0.6) is 0 Å². The van der Waals surface area contributed by atoms with Crippen molar-refractivity contribution in [3.63, 3.8) is 0 Å². The highest BCUT2D eigenvalue weighted by atomic mass is 31.2. The highest BCUT2D eigenvalue weighted by Crippen LogP contribution is 2.45. The molecule has 0 bridgehead atoms. The predicted octanol–water partition coefficient (Wildman–Crippen LogP) is 22.8. The monoisotopic (exact) mass is 1490 g/mol. The van der Waals surface area contributed by atoms with Crippen LogP contribution in [0.15, 0.2) is 182 Å². The van der Waals surface area contributed by atoms with E-state index in [0.717, 1.165) is 173 Å². The molecule has 19 heteroatoms. The van der Waals surface area contributed by atoms with Crippen LogP contribution in [-0.4, -0.2) is 96.7 Å². The number of aliphatic hydroxyl groups excluding tert-OH is 1. The molecule has 17 nitrogen and oxygen atoms in total. The average molecular weight is 1490 g/mol. The first-order valence-electron chi connectivity index (χ1n) is 39.0. The highest BCUT2D eigenvalue weighted by molar-refractivity contribution is 7.47. The molecule has 0 spiro atoms. The van der Waals surface area contributed by atoms with E-state index < -0.39 is 97.5 Å². The van der Waals surface area contributed by atoms with Crippen molar-refractivity contribution >= 4 is 39.5 Å².